The minimum Gasteiger partial charge on any atom is -0.399 e. The van der Waals surface area contributed by atoms with Crippen LogP contribution in [0.1, 0.15) is 11.1 Å². The lowest BCUT2D eigenvalue weighted by Crippen LogP contribution is -2.21. The molecular formula is C16H19N3O2S. The highest BCUT2D eigenvalue weighted by atomic mass is 32.2. The third-order valence-electron chi connectivity index (χ3n) is 3.95. The number of hydrogen-bond donors (Lipinski definition) is 2. The minimum absolute atomic E-state index is 0.299. The van der Waals surface area contributed by atoms with Crippen LogP contribution in [0.15, 0.2) is 47.4 Å². The molecule has 0 spiro atoms. The van der Waals surface area contributed by atoms with Gasteiger partial charge in [-0.1, -0.05) is 18.2 Å². The quantitative estimate of drug-likeness (QED) is 0.842. The zero-order chi connectivity index (χ0) is 15.7. The first-order valence-electron chi connectivity index (χ1n) is 7.15. The van der Waals surface area contributed by atoms with Crippen molar-refractivity contribution >= 4 is 21.4 Å². The summed E-state index contributed by atoms with van der Waals surface area (Å²) in [6.45, 7) is 1.61. The van der Waals surface area contributed by atoms with Gasteiger partial charge >= 0.3 is 0 Å². The largest absolute Gasteiger partial charge is 0.399 e. The Morgan fingerprint density at radius 2 is 2.05 bits per heavy atom. The molecule has 1 aliphatic rings. The number of nitrogens with zero attached hydrogens (tertiary/aromatic N) is 1. The number of rotatable bonds is 4. The van der Waals surface area contributed by atoms with Gasteiger partial charge in [0, 0.05) is 24.5 Å². The van der Waals surface area contributed by atoms with E-state index in [0.717, 1.165) is 36.4 Å². The molecule has 0 aliphatic carbocycles. The molecule has 0 saturated carbocycles. The molecule has 1 aliphatic heterocycles. The Hall–Kier alpha value is -2.05. The molecule has 0 aromatic heterocycles. The van der Waals surface area contributed by atoms with Gasteiger partial charge in [-0.05, 0) is 48.9 Å². The fraction of sp³-hybridized carbons (Fsp3) is 0.250. The molecule has 1 heterocycles. The smallest absolute Gasteiger partial charge is 0.240 e. The number of nitrogens with one attached hydrogen (secondary N) is 1. The van der Waals surface area contributed by atoms with Crippen molar-refractivity contribution < 1.29 is 8.42 Å². The maximum atomic E-state index is 12.0. The van der Waals surface area contributed by atoms with Crippen LogP contribution in [0.4, 0.5) is 11.4 Å². The Morgan fingerprint density at radius 1 is 1.23 bits per heavy atom. The fourth-order valence-corrected chi connectivity index (χ4v) is 3.54. The Bertz CT molecular complexity index is 803. The van der Waals surface area contributed by atoms with E-state index in [1.165, 1.54) is 12.6 Å². The third kappa shape index (κ3) is 2.80. The van der Waals surface area contributed by atoms with Crippen LogP contribution < -0.4 is 15.4 Å². The van der Waals surface area contributed by atoms with E-state index in [-0.39, 0.29) is 0 Å². The van der Waals surface area contributed by atoms with Crippen LogP contribution in [0.25, 0.3) is 0 Å². The number of nitrogen functional groups attached to an aromatic ring is 1. The predicted octanol–water partition coefficient (Wildman–Crippen LogP) is 1.74. The number of hydrogen-bond acceptors (Lipinski definition) is 4. The van der Waals surface area contributed by atoms with Gasteiger partial charge in [-0.3, -0.25) is 0 Å². The van der Waals surface area contributed by atoms with Gasteiger partial charge in [0.1, 0.15) is 0 Å². The second kappa shape index (κ2) is 5.62. The first-order valence-corrected chi connectivity index (χ1v) is 8.64. The van der Waals surface area contributed by atoms with Crippen molar-refractivity contribution in [1.29, 1.82) is 0 Å². The van der Waals surface area contributed by atoms with Crippen LogP contribution >= 0.6 is 0 Å². The summed E-state index contributed by atoms with van der Waals surface area (Å²) in [6.07, 6.45) is 0.928. The van der Waals surface area contributed by atoms with Crippen molar-refractivity contribution in [3.05, 3.63) is 53.6 Å². The summed E-state index contributed by atoms with van der Waals surface area (Å²) in [4.78, 5) is 2.49. The predicted molar refractivity (Wildman–Crippen MR) is 88.3 cm³/mol. The molecule has 0 atom stereocenters. The molecule has 116 valence electrons. The van der Waals surface area contributed by atoms with Crippen LogP contribution in [0.5, 0.6) is 0 Å². The topological polar surface area (TPSA) is 75.4 Å². The average Bonchev–Trinajstić information content (AvgIpc) is 2.90. The van der Waals surface area contributed by atoms with E-state index in [9.17, 15) is 8.42 Å². The number of anilines is 2. The summed E-state index contributed by atoms with van der Waals surface area (Å²) in [5.74, 6) is 0. The van der Waals surface area contributed by atoms with Gasteiger partial charge in [-0.25, -0.2) is 13.1 Å². The van der Waals surface area contributed by atoms with Gasteiger partial charge in [0.15, 0.2) is 0 Å². The zero-order valence-corrected chi connectivity index (χ0v) is 13.2. The van der Waals surface area contributed by atoms with E-state index in [1.54, 1.807) is 12.1 Å². The molecular weight excluding hydrogens is 298 g/mol. The second-order valence-electron chi connectivity index (χ2n) is 5.41. The summed E-state index contributed by atoms with van der Waals surface area (Å²) in [6, 6.07) is 13.1. The zero-order valence-electron chi connectivity index (χ0n) is 12.4. The first-order chi connectivity index (χ1) is 10.5. The van der Waals surface area contributed by atoms with Crippen LogP contribution in [-0.4, -0.2) is 22.0 Å². The van der Waals surface area contributed by atoms with Crippen molar-refractivity contribution in [2.24, 2.45) is 0 Å². The highest BCUT2D eigenvalue weighted by Gasteiger charge is 2.22. The van der Waals surface area contributed by atoms with E-state index in [1.807, 2.05) is 30.3 Å². The van der Waals surface area contributed by atoms with E-state index in [2.05, 4.69) is 9.62 Å². The highest BCUT2D eigenvalue weighted by Crippen LogP contribution is 2.31. The molecule has 3 rings (SSSR count). The van der Waals surface area contributed by atoms with Crippen molar-refractivity contribution in [1.82, 2.24) is 4.72 Å². The molecule has 0 bridgehead atoms. The normalized spacial score (nSPS) is 14.1. The Labute approximate surface area is 130 Å². The first kappa shape index (κ1) is 14.9. The Kier molecular flexibility index (Phi) is 3.80. The standard InChI is InChI=1S/C16H19N3O2S/c1-18-22(20,21)15-6-5-13-7-8-19(16(13)10-15)11-12-3-2-4-14(17)9-12/h2-6,9-10,18H,7-8,11,17H2,1H3. The van der Waals surface area contributed by atoms with Crippen LogP contribution in [0.3, 0.4) is 0 Å². The van der Waals surface area contributed by atoms with Gasteiger partial charge in [0.25, 0.3) is 0 Å². The summed E-state index contributed by atoms with van der Waals surface area (Å²) in [5, 5.41) is 0. The minimum atomic E-state index is -3.42. The highest BCUT2D eigenvalue weighted by molar-refractivity contribution is 7.89. The molecule has 0 saturated heterocycles. The monoisotopic (exact) mass is 317 g/mol. The number of fused-ring (bicyclic) bond motifs is 1. The van der Waals surface area contributed by atoms with Gasteiger partial charge in [0.05, 0.1) is 4.90 Å². The lowest BCUT2D eigenvalue weighted by Gasteiger charge is -2.20. The molecule has 3 N–H and O–H groups in total. The third-order valence-corrected chi connectivity index (χ3v) is 5.36. The Morgan fingerprint density at radius 3 is 2.77 bits per heavy atom. The van der Waals surface area contributed by atoms with E-state index in [4.69, 9.17) is 5.73 Å². The second-order valence-corrected chi connectivity index (χ2v) is 7.30. The van der Waals surface area contributed by atoms with E-state index < -0.39 is 10.0 Å². The molecule has 2 aromatic carbocycles. The number of nitrogens with two attached hydrogens (primary N) is 1. The van der Waals surface area contributed by atoms with Gasteiger partial charge in [-0.2, -0.15) is 0 Å². The summed E-state index contributed by atoms with van der Waals surface area (Å²) >= 11 is 0. The number of benzene rings is 2. The van der Waals surface area contributed by atoms with E-state index in [0.29, 0.717) is 4.90 Å². The molecule has 5 nitrogen and oxygen atoms in total. The van der Waals surface area contributed by atoms with Crippen LogP contribution in [0.2, 0.25) is 0 Å². The summed E-state index contributed by atoms with van der Waals surface area (Å²) in [7, 11) is -2.00. The van der Waals surface area contributed by atoms with Crippen LogP contribution in [0, 0.1) is 0 Å². The Balaban J connectivity index is 1.92. The van der Waals surface area contributed by atoms with Crippen LogP contribution in [-0.2, 0) is 23.0 Å². The lowest BCUT2D eigenvalue weighted by molar-refractivity contribution is 0.588. The molecule has 22 heavy (non-hydrogen) atoms. The maximum absolute atomic E-state index is 12.0. The van der Waals surface area contributed by atoms with Crippen molar-refractivity contribution in [2.75, 3.05) is 24.2 Å². The van der Waals surface area contributed by atoms with Gasteiger partial charge in [-0.15, -0.1) is 0 Å². The van der Waals surface area contributed by atoms with Gasteiger partial charge in [0.2, 0.25) is 10.0 Å². The molecule has 0 unspecified atom stereocenters. The summed E-state index contributed by atoms with van der Waals surface area (Å²) < 4.78 is 26.3. The van der Waals surface area contributed by atoms with Crippen molar-refractivity contribution in [3.8, 4) is 0 Å². The lowest BCUT2D eigenvalue weighted by atomic mass is 10.1. The summed E-state index contributed by atoms with van der Waals surface area (Å²) in [5.41, 5.74) is 9.84. The molecule has 0 amide bonds. The SMILES string of the molecule is CNS(=O)(=O)c1ccc2c(c1)N(Cc1cccc(N)c1)CC2. The van der Waals surface area contributed by atoms with Crippen molar-refractivity contribution in [3.63, 3.8) is 0 Å². The van der Waals surface area contributed by atoms with Crippen molar-refractivity contribution in [2.45, 2.75) is 17.9 Å². The maximum Gasteiger partial charge on any atom is 0.240 e. The molecule has 0 fully saturated rings. The fourth-order valence-electron chi connectivity index (χ4n) is 2.79. The van der Waals surface area contributed by atoms with E-state index >= 15 is 0 Å². The van der Waals surface area contributed by atoms with Gasteiger partial charge < -0.3 is 10.6 Å². The molecule has 2 aromatic rings. The molecule has 6 heteroatoms. The molecule has 0 radical (unpaired) electrons. The number of sulfonamides is 1. The average molecular weight is 317 g/mol.